The highest BCUT2D eigenvalue weighted by Crippen LogP contribution is 2.48. The Balaban J connectivity index is 1.47. The van der Waals surface area contributed by atoms with Gasteiger partial charge in [0.05, 0.1) is 6.61 Å². The van der Waals surface area contributed by atoms with Gasteiger partial charge in [-0.1, -0.05) is 12.1 Å². The van der Waals surface area contributed by atoms with Gasteiger partial charge in [-0.2, -0.15) is 0 Å². The number of nitrogens with one attached hydrogen (secondary N) is 1. The molecule has 3 rings (SSSR count). The van der Waals surface area contributed by atoms with Crippen molar-refractivity contribution >= 4 is 0 Å². The molecule has 2 aliphatic rings. The summed E-state index contributed by atoms with van der Waals surface area (Å²) in [7, 11) is 0. The van der Waals surface area contributed by atoms with Gasteiger partial charge in [-0.3, -0.25) is 0 Å². The Morgan fingerprint density at radius 1 is 1.21 bits per heavy atom. The number of benzene rings is 1. The van der Waals surface area contributed by atoms with Crippen LogP contribution in [0, 0.1) is 17.8 Å². The summed E-state index contributed by atoms with van der Waals surface area (Å²) in [5.74, 6) is 4.02. The van der Waals surface area contributed by atoms with Gasteiger partial charge in [-0.05, 0) is 74.6 Å². The van der Waals surface area contributed by atoms with Crippen LogP contribution in [0.1, 0.15) is 38.2 Å². The fourth-order valence-corrected chi connectivity index (χ4v) is 3.06. The van der Waals surface area contributed by atoms with E-state index in [1.807, 2.05) is 13.0 Å². The van der Waals surface area contributed by atoms with E-state index in [1.54, 1.807) is 0 Å². The molecule has 2 heteroatoms. The van der Waals surface area contributed by atoms with E-state index in [4.69, 9.17) is 4.74 Å². The van der Waals surface area contributed by atoms with Crippen LogP contribution in [0.2, 0.25) is 0 Å². The lowest BCUT2D eigenvalue weighted by Gasteiger charge is -2.16. The van der Waals surface area contributed by atoms with Gasteiger partial charge in [0, 0.05) is 6.54 Å². The number of ether oxygens (including phenoxy) is 1. The van der Waals surface area contributed by atoms with Gasteiger partial charge in [0.1, 0.15) is 5.75 Å². The zero-order chi connectivity index (χ0) is 13.1. The molecular weight excluding hydrogens is 234 g/mol. The minimum atomic E-state index is 0.738. The zero-order valence-electron chi connectivity index (χ0n) is 11.9. The van der Waals surface area contributed by atoms with E-state index in [9.17, 15) is 0 Å². The monoisotopic (exact) mass is 259 g/mol. The molecule has 1 aromatic rings. The van der Waals surface area contributed by atoms with Crippen molar-refractivity contribution in [2.75, 3.05) is 13.2 Å². The normalized spacial score (nSPS) is 18.8. The van der Waals surface area contributed by atoms with Crippen molar-refractivity contribution in [3.05, 3.63) is 29.8 Å². The first-order valence-corrected chi connectivity index (χ1v) is 7.79. The molecule has 1 aromatic carbocycles. The van der Waals surface area contributed by atoms with Gasteiger partial charge in [-0.15, -0.1) is 0 Å². The Hall–Kier alpha value is -1.02. The molecule has 19 heavy (non-hydrogen) atoms. The van der Waals surface area contributed by atoms with E-state index in [2.05, 4.69) is 23.5 Å². The second kappa shape index (κ2) is 5.96. The van der Waals surface area contributed by atoms with E-state index in [0.717, 1.165) is 36.7 Å². The summed E-state index contributed by atoms with van der Waals surface area (Å²) in [5, 5.41) is 3.66. The maximum absolute atomic E-state index is 5.54. The van der Waals surface area contributed by atoms with Crippen LogP contribution in [0.25, 0.3) is 0 Å². The first kappa shape index (κ1) is 13.0. The maximum atomic E-state index is 5.54. The molecule has 1 N–H and O–H groups in total. The average molecular weight is 259 g/mol. The van der Waals surface area contributed by atoms with Gasteiger partial charge in [-0.25, -0.2) is 0 Å². The highest BCUT2D eigenvalue weighted by atomic mass is 16.5. The average Bonchev–Trinajstić information content (AvgIpc) is 3.28. The molecular formula is C17H25NO. The van der Waals surface area contributed by atoms with Gasteiger partial charge < -0.3 is 10.1 Å². The predicted molar refractivity (Wildman–Crippen MR) is 78.3 cm³/mol. The first-order chi connectivity index (χ1) is 9.36. The molecule has 0 saturated heterocycles. The standard InChI is InChI=1S/C17H25NO/c1-2-19-16-5-3-4-13(10-16)11-18-12-17(14-6-7-14)15-8-9-15/h3-5,10,14-15,17-18H,2,6-9,11-12H2,1H3. The Labute approximate surface area is 116 Å². The van der Waals surface area contributed by atoms with Crippen LogP contribution in [0.3, 0.4) is 0 Å². The molecule has 0 aliphatic heterocycles. The third-order valence-corrected chi connectivity index (χ3v) is 4.37. The highest BCUT2D eigenvalue weighted by Gasteiger charge is 2.40. The second-order valence-electron chi connectivity index (χ2n) is 6.05. The zero-order valence-corrected chi connectivity index (χ0v) is 11.9. The van der Waals surface area contributed by atoms with Crippen LogP contribution in [0.4, 0.5) is 0 Å². The summed E-state index contributed by atoms with van der Waals surface area (Å²) in [6.45, 7) is 4.94. The molecule has 2 saturated carbocycles. The van der Waals surface area contributed by atoms with Crippen molar-refractivity contribution in [2.24, 2.45) is 17.8 Å². The number of rotatable bonds is 8. The summed E-state index contributed by atoms with van der Waals surface area (Å²) in [6, 6.07) is 8.45. The molecule has 0 unspecified atom stereocenters. The summed E-state index contributed by atoms with van der Waals surface area (Å²) in [6.07, 6.45) is 5.90. The highest BCUT2D eigenvalue weighted by molar-refractivity contribution is 5.28. The summed E-state index contributed by atoms with van der Waals surface area (Å²) in [5.41, 5.74) is 1.33. The molecule has 0 aromatic heterocycles. The largest absolute Gasteiger partial charge is 0.494 e. The first-order valence-electron chi connectivity index (χ1n) is 7.79. The Kier molecular flexibility index (Phi) is 4.07. The summed E-state index contributed by atoms with van der Waals surface area (Å²) < 4.78 is 5.54. The van der Waals surface area contributed by atoms with Crippen molar-refractivity contribution < 1.29 is 4.74 Å². The van der Waals surface area contributed by atoms with E-state index in [0.29, 0.717) is 0 Å². The fourth-order valence-electron chi connectivity index (χ4n) is 3.06. The molecule has 0 radical (unpaired) electrons. The fraction of sp³-hybridized carbons (Fsp3) is 0.647. The van der Waals surface area contributed by atoms with Crippen LogP contribution < -0.4 is 10.1 Å². The molecule has 0 atom stereocenters. The SMILES string of the molecule is CCOc1cccc(CNCC(C2CC2)C2CC2)c1. The third-order valence-electron chi connectivity index (χ3n) is 4.37. The number of hydrogen-bond acceptors (Lipinski definition) is 2. The van der Waals surface area contributed by atoms with Gasteiger partial charge in [0.25, 0.3) is 0 Å². The Morgan fingerprint density at radius 3 is 2.58 bits per heavy atom. The smallest absolute Gasteiger partial charge is 0.119 e. The maximum Gasteiger partial charge on any atom is 0.119 e. The second-order valence-corrected chi connectivity index (χ2v) is 6.05. The van der Waals surface area contributed by atoms with Crippen molar-refractivity contribution in [1.82, 2.24) is 5.32 Å². The van der Waals surface area contributed by atoms with Crippen molar-refractivity contribution in [3.8, 4) is 5.75 Å². The molecule has 2 nitrogen and oxygen atoms in total. The minimum Gasteiger partial charge on any atom is -0.494 e. The third kappa shape index (κ3) is 3.73. The summed E-state index contributed by atoms with van der Waals surface area (Å²) in [4.78, 5) is 0. The minimum absolute atomic E-state index is 0.738. The predicted octanol–water partition coefficient (Wildman–Crippen LogP) is 3.61. The van der Waals surface area contributed by atoms with Crippen molar-refractivity contribution in [1.29, 1.82) is 0 Å². The van der Waals surface area contributed by atoms with Gasteiger partial charge in [0.2, 0.25) is 0 Å². The number of hydrogen-bond donors (Lipinski definition) is 1. The molecule has 2 aliphatic carbocycles. The molecule has 2 fully saturated rings. The molecule has 104 valence electrons. The van der Waals surface area contributed by atoms with Crippen molar-refractivity contribution in [2.45, 2.75) is 39.2 Å². The topological polar surface area (TPSA) is 21.3 Å². The van der Waals surface area contributed by atoms with Crippen LogP contribution in [0.15, 0.2) is 24.3 Å². The van der Waals surface area contributed by atoms with E-state index in [-0.39, 0.29) is 0 Å². The van der Waals surface area contributed by atoms with Crippen LogP contribution >= 0.6 is 0 Å². The molecule has 0 bridgehead atoms. The quantitative estimate of drug-likeness (QED) is 0.770. The Morgan fingerprint density at radius 2 is 1.95 bits per heavy atom. The lowest BCUT2D eigenvalue weighted by Crippen LogP contribution is -2.25. The van der Waals surface area contributed by atoms with Crippen LogP contribution in [0.5, 0.6) is 5.75 Å². The molecule has 0 spiro atoms. The van der Waals surface area contributed by atoms with E-state index >= 15 is 0 Å². The van der Waals surface area contributed by atoms with Crippen LogP contribution in [-0.4, -0.2) is 13.2 Å². The molecule has 0 amide bonds. The van der Waals surface area contributed by atoms with Gasteiger partial charge in [0.15, 0.2) is 0 Å². The lowest BCUT2D eigenvalue weighted by molar-refractivity contribution is 0.339. The summed E-state index contributed by atoms with van der Waals surface area (Å²) >= 11 is 0. The molecule has 0 heterocycles. The Bertz CT molecular complexity index is 397. The van der Waals surface area contributed by atoms with E-state index < -0.39 is 0 Å². The van der Waals surface area contributed by atoms with Crippen LogP contribution in [-0.2, 0) is 6.54 Å². The van der Waals surface area contributed by atoms with E-state index in [1.165, 1.54) is 37.8 Å². The van der Waals surface area contributed by atoms with Crippen molar-refractivity contribution in [3.63, 3.8) is 0 Å². The lowest BCUT2D eigenvalue weighted by atomic mass is 9.98. The van der Waals surface area contributed by atoms with Gasteiger partial charge >= 0.3 is 0 Å².